The fraction of sp³-hybridized carbons (Fsp3) is 0.438. The Bertz CT molecular complexity index is 514. The minimum absolute atomic E-state index is 0.562. The monoisotopic (exact) mass is 257 g/mol. The van der Waals surface area contributed by atoms with Gasteiger partial charge in [-0.25, -0.2) is 4.98 Å². The van der Waals surface area contributed by atoms with Crippen LogP contribution >= 0.6 is 0 Å². The van der Waals surface area contributed by atoms with Crippen LogP contribution in [0, 0.1) is 0 Å². The third kappa shape index (κ3) is 3.60. The van der Waals surface area contributed by atoms with Crippen molar-refractivity contribution in [1.82, 2.24) is 9.55 Å². The Morgan fingerprint density at radius 3 is 2.89 bits per heavy atom. The molecule has 0 bridgehead atoms. The van der Waals surface area contributed by atoms with Gasteiger partial charge in [0.15, 0.2) is 0 Å². The first kappa shape index (κ1) is 13.7. The Hall–Kier alpha value is -1.77. The molecule has 0 saturated carbocycles. The molecule has 19 heavy (non-hydrogen) atoms. The van der Waals surface area contributed by atoms with Crippen molar-refractivity contribution in [3.63, 3.8) is 0 Å². The topological polar surface area (TPSA) is 29.9 Å². The van der Waals surface area contributed by atoms with E-state index >= 15 is 0 Å². The minimum atomic E-state index is 0.562. The van der Waals surface area contributed by atoms with Crippen molar-refractivity contribution in [1.29, 1.82) is 0 Å². The Morgan fingerprint density at radius 1 is 1.32 bits per heavy atom. The molecule has 0 unspecified atom stereocenters. The molecule has 0 fully saturated rings. The van der Waals surface area contributed by atoms with Crippen LogP contribution in [0.1, 0.15) is 44.4 Å². The van der Waals surface area contributed by atoms with Crippen LogP contribution in [0.5, 0.6) is 0 Å². The molecule has 0 spiro atoms. The zero-order valence-electron chi connectivity index (χ0n) is 12.1. The van der Waals surface area contributed by atoms with Gasteiger partial charge in [-0.2, -0.15) is 0 Å². The molecular formula is C16H23N3. The molecule has 2 aromatic rings. The van der Waals surface area contributed by atoms with Crippen molar-refractivity contribution in [3.8, 4) is 0 Å². The van der Waals surface area contributed by atoms with Crippen molar-refractivity contribution in [2.24, 2.45) is 0 Å². The number of hydrogen-bond acceptors (Lipinski definition) is 2. The highest BCUT2D eigenvalue weighted by molar-refractivity contribution is 5.46. The van der Waals surface area contributed by atoms with E-state index in [0.717, 1.165) is 19.5 Å². The maximum Gasteiger partial charge on any atom is 0.0948 e. The largest absolute Gasteiger partial charge is 0.379 e. The van der Waals surface area contributed by atoms with E-state index in [1.54, 1.807) is 0 Å². The smallest absolute Gasteiger partial charge is 0.0948 e. The summed E-state index contributed by atoms with van der Waals surface area (Å²) in [4.78, 5) is 4.22. The number of imidazole rings is 1. The lowest BCUT2D eigenvalue weighted by Gasteiger charge is -2.11. The second kappa shape index (κ2) is 6.41. The molecule has 3 heteroatoms. The number of aryl methyl sites for hydroxylation is 1. The summed E-state index contributed by atoms with van der Waals surface area (Å²) in [6.07, 6.45) is 4.98. The second-order valence-electron chi connectivity index (χ2n) is 5.21. The van der Waals surface area contributed by atoms with Gasteiger partial charge in [0.1, 0.15) is 0 Å². The molecule has 102 valence electrons. The number of anilines is 1. The van der Waals surface area contributed by atoms with Gasteiger partial charge >= 0.3 is 0 Å². The Kier molecular flexibility index (Phi) is 4.61. The SMILES string of the molecule is CCCn1cncc1CNc1cccc(C(C)C)c1. The summed E-state index contributed by atoms with van der Waals surface area (Å²) in [6, 6.07) is 8.63. The number of nitrogens with zero attached hydrogens (tertiary/aromatic N) is 2. The van der Waals surface area contributed by atoms with E-state index in [1.165, 1.54) is 16.9 Å². The molecule has 0 aliphatic carbocycles. The highest BCUT2D eigenvalue weighted by atomic mass is 15.1. The normalized spacial score (nSPS) is 10.9. The summed E-state index contributed by atoms with van der Waals surface area (Å²) in [5.74, 6) is 0.562. The van der Waals surface area contributed by atoms with Crippen molar-refractivity contribution in [3.05, 3.63) is 48.0 Å². The summed E-state index contributed by atoms with van der Waals surface area (Å²) >= 11 is 0. The standard InChI is InChI=1S/C16H23N3/c1-4-8-19-12-17-10-16(19)11-18-15-7-5-6-14(9-15)13(2)3/h5-7,9-10,12-13,18H,4,8,11H2,1-3H3. The van der Waals surface area contributed by atoms with E-state index < -0.39 is 0 Å². The van der Waals surface area contributed by atoms with Crippen molar-refractivity contribution in [2.45, 2.75) is 46.2 Å². The van der Waals surface area contributed by atoms with E-state index in [-0.39, 0.29) is 0 Å². The molecule has 0 aliphatic rings. The first-order valence-electron chi connectivity index (χ1n) is 7.03. The fourth-order valence-electron chi connectivity index (χ4n) is 2.14. The van der Waals surface area contributed by atoms with Gasteiger partial charge in [-0.15, -0.1) is 0 Å². The molecule has 0 atom stereocenters. The number of rotatable bonds is 6. The lowest BCUT2D eigenvalue weighted by atomic mass is 10.0. The fourth-order valence-corrected chi connectivity index (χ4v) is 2.14. The molecule has 0 aliphatic heterocycles. The first-order valence-corrected chi connectivity index (χ1v) is 7.03. The van der Waals surface area contributed by atoms with Crippen molar-refractivity contribution < 1.29 is 0 Å². The lowest BCUT2D eigenvalue weighted by Crippen LogP contribution is -2.07. The van der Waals surface area contributed by atoms with Gasteiger partial charge in [0.2, 0.25) is 0 Å². The third-order valence-electron chi connectivity index (χ3n) is 3.29. The van der Waals surface area contributed by atoms with Gasteiger partial charge in [0, 0.05) is 18.4 Å². The van der Waals surface area contributed by atoms with Crippen molar-refractivity contribution >= 4 is 5.69 Å². The molecule has 1 aromatic heterocycles. The average Bonchev–Trinajstić information content (AvgIpc) is 2.85. The number of aromatic nitrogens is 2. The average molecular weight is 257 g/mol. The first-order chi connectivity index (χ1) is 9.20. The lowest BCUT2D eigenvalue weighted by molar-refractivity contribution is 0.651. The van der Waals surface area contributed by atoms with Crippen LogP contribution < -0.4 is 5.32 Å². The van der Waals surface area contributed by atoms with E-state index in [0.29, 0.717) is 5.92 Å². The van der Waals surface area contributed by atoms with E-state index in [4.69, 9.17) is 0 Å². The highest BCUT2D eigenvalue weighted by Gasteiger charge is 2.03. The maximum atomic E-state index is 4.22. The highest BCUT2D eigenvalue weighted by Crippen LogP contribution is 2.19. The van der Waals surface area contributed by atoms with E-state index in [2.05, 4.69) is 59.9 Å². The molecule has 1 N–H and O–H groups in total. The van der Waals surface area contributed by atoms with Gasteiger partial charge in [-0.3, -0.25) is 0 Å². The van der Waals surface area contributed by atoms with Crippen LogP contribution in [0.25, 0.3) is 0 Å². The second-order valence-corrected chi connectivity index (χ2v) is 5.21. The Labute approximate surface area is 115 Å². The van der Waals surface area contributed by atoms with Gasteiger partial charge in [0.05, 0.1) is 18.6 Å². The summed E-state index contributed by atoms with van der Waals surface area (Å²) in [5, 5.41) is 3.48. The van der Waals surface area contributed by atoms with Crippen molar-refractivity contribution in [2.75, 3.05) is 5.32 Å². The van der Waals surface area contributed by atoms with Crippen LogP contribution in [0.3, 0.4) is 0 Å². The predicted molar refractivity (Wildman–Crippen MR) is 80.4 cm³/mol. The van der Waals surface area contributed by atoms with E-state index in [9.17, 15) is 0 Å². The van der Waals surface area contributed by atoms with Gasteiger partial charge < -0.3 is 9.88 Å². The molecule has 1 aromatic carbocycles. The summed E-state index contributed by atoms with van der Waals surface area (Å²) in [7, 11) is 0. The quantitative estimate of drug-likeness (QED) is 0.846. The number of nitrogens with one attached hydrogen (secondary N) is 1. The Balaban J connectivity index is 2.02. The van der Waals surface area contributed by atoms with Crippen LogP contribution in [0.4, 0.5) is 5.69 Å². The molecule has 2 rings (SSSR count). The zero-order chi connectivity index (χ0) is 13.7. The number of hydrogen-bond donors (Lipinski definition) is 1. The number of benzene rings is 1. The molecule has 0 saturated heterocycles. The van der Waals surface area contributed by atoms with E-state index in [1.807, 2.05) is 12.5 Å². The summed E-state index contributed by atoms with van der Waals surface area (Å²) < 4.78 is 2.21. The molecule has 0 amide bonds. The van der Waals surface area contributed by atoms with Gasteiger partial charge in [-0.1, -0.05) is 32.9 Å². The zero-order valence-corrected chi connectivity index (χ0v) is 12.1. The molecule has 3 nitrogen and oxygen atoms in total. The predicted octanol–water partition coefficient (Wildman–Crippen LogP) is 4.03. The van der Waals surface area contributed by atoms with Crippen LogP contribution in [-0.4, -0.2) is 9.55 Å². The van der Waals surface area contributed by atoms with Crippen LogP contribution in [0.15, 0.2) is 36.8 Å². The Morgan fingerprint density at radius 2 is 2.16 bits per heavy atom. The summed E-state index contributed by atoms with van der Waals surface area (Å²) in [6.45, 7) is 8.47. The molecule has 1 heterocycles. The van der Waals surface area contributed by atoms with Gasteiger partial charge in [0.25, 0.3) is 0 Å². The van der Waals surface area contributed by atoms with Gasteiger partial charge in [-0.05, 0) is 30.0 Å². The van der Waals surface area contributed by atoms with Crippen LogP contribution in [-0.2, 0) is 13.1 Å². The third-order valence-corrected chi connectivity index (χ3v) is 3.29. The molecule has 0 radical (unpaired) electrons. The van der Waals surface area contributed by atoms with Crippen LogP contribution in [0.2, 0.25) is 0 Å². The molecular weight excluding hydrogens is 234 g/mol. The minimum Gasteiger partial charge on any atom is -0.379 e. The maximum absolute atomic E-state index is 4.22. The summed E-state index contributed by atoms with van der Waals surface area (Å²) in [5.41, 5.74) is 3.78.